The van der Waals surface area contributed by atoms with Crippen molar-refractivity contribution in [3.63, 3.8) is 0 Å². The van der Waals surface area contributed by atoms with E-state index in [2.05, 4.69) is 25.7 Å². The van der Waals surface area contributed by atoms with E-state index in [9.17, 15) is 13.2 Å². The summed E-state index contributed by atoms with van der Waals surface area (Å²) in [6.07, 6.45) is -4.03. The molecule has 6 nitrogen and oxygen atoms in total. The molecule has 2 aromatic heterocycles. The lowest BCUT2D eigenvalue weighted by Gasteiger charge is -2.06. The summed E-state index contributed by atoms with van der Waals surface area (Å²) in [5.41, 5.74) is -1.02. The molecule has 0 saturated heterocycles. The molecule has 0 aromatic carbocycles. The van der Waals surface area contributed by atoms with Gasteiger partial charge in [0, 0.05) is 13.0 Å². The fourth-order valence-corrected chi connectivity index (χ4v) is 1.32. The highest BCUT2D eigenvalue weighted by Crippen LogP contribution is 2.26. The van der Waals surface area contributed by atoms with Crippen LogP contribution in [0.15, 0.2) is 16.7 Å². The van der Waals surface area contributed by atoms with E-state index in [1.54, 1.807) is 6.92 Å². The lowest BCUT2D eigenvalue weighted by Crippen LogP contribution is -2.11. The van der Waals surface area contributed by atoms with Gasteiger partial charge in [-0.25, -0.2) is 0 Å². The monoisotopic (exact) mass is 273 g/mol. The van der Waals surface area contributed by atoms with E-state index in [1.165, 1.54) is 6.07 Å². The Kier molecular flexibility index (Phi) is 3.63. The van der Waals surface area contributed by atoms with E-state index in [-0.39, 0.29) is 5.82 Å². The van der Waals surface area contributed by atoms with Crippen LogP contribution in [-0.4, -0.2) is 26.9 Å². The summed E-state index contributed by atoms with van der Waals surface area (Å²) in [6, 6.07) is 2.08. The summed E-state index contributed by atoms with van der Waals surface area (Å²) in [4.78, 5) is 3.99. The van der Waals surface area contributed by atoms with E-state index in [0.29, 0.717) is 24.7 Å². The largest absolute Gasteiger partial charge is 0.435 e. The fraction of sp³-hybridized carbons (Fsp3) is 0.400. The molecule has 0 aliphatic heterocycles. The first-order valence-electron chi connectivity index (χ1n) is 5.39. The smallest absolute Gasteiger partial charge is 0.368 e. The average molecular weight is 273 g/mol. The zero-order valence-corrected chi connectivity index (χ0v) is 9.90. The molecule has 0 fully saturated rings. The molecular weight excluding hydrogens is 263 g/mol. The molecule has 0 spiro atoms. The molecule has 0 saturated carbocycles. The van der Waals surface area contributed by atoms with Gasteiger partial charge in [0.1, 0.15) is 5.82 Å². The van der Waals surface area contributed by atoms with Crippen LogP contribution in [0.4, 0.5) is 19.0 Å². The highest BCUT2D eigenvalue weighted by atomic mass is 19.4. The third kappa shape index (κ3) is 3.63. The van der Waals surface area contributed by atoms with Gasteiger partial charge in [-0.1, -0.05) is 5.16 Å². The predicted molar refractivity (Wildman–Crippen MR) is 58.3 cm³/mol. The lowest BCUT2D eigenvalue weighted by molar-refractivity contribution is -0.141. The molecule has 0 aliphatic rings. The Balaban J connectivity index is 1.86. The van der Waals surface area contributed by atoms with Gasteiger partial charge in [0.2, 0.25) is 5.89 Å². The molecule has 9 heteroatoms. The number of aromatic nitrogens is 4. The molecule has 2 rings (SSSR count). The van der Waals surface area contributed by atoms with Crippen molar-refractivity contribution in [3.8, 4) is 0 Å². The van der Waals surface area contributed by atoms with Crippen molar-refractivity contribution in [3.05, 3.63) is 29.5 Å². The third-order valence-corrected chi connectivity index (χ3v) is 2.17. The number of hydrogen-bond acceptors (Lipinski definition) is 6. The predicted octanol–water partition coefficient (Wildman–Crippen LogP) is 1.84. The maximum atomic E-state index is 12.2. The van der Waals surface area contributed by atoms with Gasteiger partial charge in [-0.15, -0.1) is 10.2 Å². The van der Waals surface area contributed by atoms with E-state index in [0.717, 1.165) is 6.07 Å². The number of aryl methyl sites for hydroxylation is 1. The Morgan fingerprint density at radius 2 is 2.05 bits per heavy atom. The number of nitrogens with zero attached hydrogens (tertiary/aromatic N) is 4. The van der Waals surface area contributed by atoms with Crippen molar-refractivity contribution in [1.82, 2.24) is 20.3 Å². The maximum Gasteiger partial charge on any atom is 0.435 e. The average Bonchev–Trinajstić information content (AvgIpc) is 2.75. The minimum absolute atomic E-state index is 0.254. The first-order valence-corrected chi connectivity index (χ1v) is 5.39. The standard InChI is InChI=1S/C10H10F3N5O/c1-6-15-9(19-18-6)4-5-14-8-3-2-7(16-17-8)10(11,12)13/h2-3H,4-5H2,1H3,(H,14,17). The Bertz CT molecular complexity index is 537. The summed E-state index contributed by atoms with van der Waals surface area (Å²) < 4.78 is 41.6. The molecule has 0 aliphatic carbocycles. The normalized spacial score (nSPS) is 11.6. The summed E-state index contributed by atoms with van der Waals surface area (Å²) in [6.45, 7) is 2.10. The van der Waals surface area contributed by atoms with Crippen LogP contribution < -0.4 is 5.32 Å². The molecule has 0 bridgehead atoms. The van der Waals surface area contributed by atoms with Crippen LogP contribution in [0.5, 0.6) is 0 Å². The molecule has 2 heterocycles. The lowest BCUT2D eigenvalue weighted by atomic mass is 10.3. The third-order valence-electron chi connectivity index (χ3n) is 2.17. The van der Waals surface area contributed by atoms with E-state index in [1.807, 2.05) is 0 Å². The summed E-state index contributed by atoms with van der Waals surface area (Å²) in [7, 11) is 0. The van der Waals surface area contributed by atoms with Crippen LogP contribution in [-0.2, 0) is 12.6 Å². The van der Waals surface area contributed by atoms with Crippen molar-refractivity contribution in [2.45, 2.75) is 19.5 Å². The van der Waals surface area contributed by atoms with E-state index < -0.39 is 11.9 Å². The highest BCUT2D eigenvalue weighted by molar-refractivity contribution is 5.33. The van der Waals surface area contributed by atoms with Crippen LogP contribution in [0.25, 0.3) is 0 Å². The quantitative estimate of drug-likeness (QED) is 0.916. The van der Waals surface area contributed by atoms with Crippen LogP contribution in [0.3, 0.4) is 0 Å². The van der Waals surface area contributed by atoms with E-state index in [4.69, 9.17) is 4.52 Å². The van der Waals surface area contributed by atoms with Crippen LogP contribution in [0.2, 0.25) is 0 Å². The summed E-state index contributed by atoms with van der Waals surface area (Å²) in [5.74, 6) is 1.23. The van der Waals surface area contributed by atoms with Crippen molar-refractivity contribution in [1.29, 1.82) is 0 Å². The van der Waals surface area contributed by atoms with Crippen molar-refractivity contribution < 1.29 is 17.7 Å². The molecule has 102 valence electrons. The van der Waals surface area contributed by atoms with Crippen molar-refractivity contribution >= 4 is 5.82 Å². The Hall–Kier alpha value is -2.19. The van der Waals surface area contributed by atoms with Gasteiger partial charge in [0.25, 0.3) is 0 Å². The number of halogens is 3. The van der Waals surface area contributed by atoms with Gasteiger partial charge in [-0.2, -0.15) is 18.2 Å². The van der Waals surface area contributed by atoms with Crippen molar-refractivity contribution in [2.24, 2.45) is 0 Å². The Morgan fingerprint density at radius 1 is 1.26 bits per heavy atom. The van der Waals surface area contributed by atoms with Crippen LogP contribution in [0, 0.1) is 6.92 Å². The first kappa shape index (κ1) is 13.2. The number of nitrogens with one attached hydrogen (secondary N) is 1. The maximum absolute atomic E-state index is 12.2. The molecule has 0 unspecified atom stereocenters. The van der Waals surface area contributed by atoms with Gasteiger partial charge >= 0.3 is 6.18 Å². The summed E-state index contributed by atoms with van der Waals surface area (Å²) >= 11 is 0. The second kappa shape index (κ2) is 5.21. The zero-order valence-electron chi connectivity index (χ0n) is 9.90. The second-order valence-corrected chi connectivity index (χ2v) is 3.71. The van der Waals surface area contributed by atoms with Gasteiger partial charge in [-0.3, -0.25) is 0 Å². The zero-order chi connectivity index (χ0) is 13.9. The SMILES string of the molecule is Cc1noc(CCNc2ccc(C(F)(F)F)nn2)n1. The minimum Gasteiger partial charge on any atom is -0.368 e. The first-order chi connectivity index (χ1) is 8.95. The molecule has 0 amide bonds. The number of alkyl halides is 3. The molecular formula is C10H10F3N5O. The van der Waals surface area contributed by atoms with Gasteiger partial charge in [0.05, 0.1) is 0 Å². The van der Waals surface area contributed by atoms with Gasteiger partial charge in [0.15, 0.2) is 11.5 Å². The highest BCUT2D eigenvalue weighted by Gasteiger charge is 2.32. The molecule has 0 radical (unpaired) electrons. The molecule has 2 aromatic rings. The summed E-state index contributed by atoms with van der Waals surface area (Å²) in [5, 5.41) is 13.0. The van der Waals surface area contributed by atoms with Crippen LogP contribution in [0.1, 0.15) is 17.4 Å². The number of hydrogen-bond donors (Lipinski definition) is 1. The Morgan fingerprint density at radius 3 is 2.58 bits per heavy atom. The topological polar surface area (TPSA) is 76.7 Å². The molecule has 19 heavy (non-hydrogen) atoms. The van der Waals surface area contributed by atoms with E-state index >= 15 is 0 Å². The number of anilines is 1. The Labute approximate surface area is 106 Å². The fourth-order valence-electron chi connectivity index (χ4n) is 1.32. The van der Waals surface area contributed by atoms with Gasteiger partial charge < -0.3 is 9.84 Å². The van der Waals surface area contributed by atoms with Crippen molar-refractivity contribution in [2.75, 3.05) is 11.9 Å². The minimum atomic E-state index is -4.48. The molecule has 0 atom stereocenters. The van der Waals surface area contributed by atoms with Gasteiger partial charge in [-0.05, 0) is 19.1 Å². The second-order valence-electron chi connectivity index (χ2n) is 3.71. The molecule has 1 N–H and O–H groups in total. The number of rotatable bonds is 4. The van der Waals surface area contributed by atoms with Crippen LogP contribution >= 0.6 is 0 Å².